The zero-order valence-electron chi connectivity index (χ0n) is 36.4. The maximum absolute atomic E-state index is 12.8. The molecule has 0 atom stereocenters. The van der Waals surface area contributed by atoms with Crippen LogP contribution in [0.4, 0.5) is 0 Å². The minimum Gasteiger partial charge on any atom is -0.488 e. The molecule has 1 N–H and O–H groups in total. The van der Waals surface area contributed by atoms with Crippen LogP contribution in [0.15, 0.2) is 36.9 Å². The summed E-state index contributed by atoms with van der Waals surface area (Å²) in [7, 11) is 1.85. The van der Waals surface area contributed by atoms with E-state index in [1.54, 1.807) is 38.8 Å². The molecule has 0 radical (unpaired) electrons. The number of amides is 2. The Kier molecular flexibility index (Phi) is 11.6. The number of carbonyl (C=O) groups is 2. The molecule has 2 amide bonds. The molecule has 2 spiro atoms. The van der Waals surface area contributed by atoms with Crippen molar-refractivity contribution in [3.05, 3.63) is 48.0 Å². The van der Waals surface area contributed by atoms with Gasteiger partial charge >= 0.3 is 0 Å². The minimum absolute atomic E-state index is 0. The third-order valence-electron chi connectivity index (χ3n) is 12.6. The average Bonchev–Trinajstić information content (AvgIpc) is 4.09. The summed E-state index contributed by atoms with van der Waals surface area (Å²) in [4.78, 5) is 36.0. The fourth-order valence-electron chi connectivity index (χ4n) is 7.45. The third-order valence-corrected chi connectivity index (χ3v) is 12.6. The maximum Gasteiger partial charge on any atom is 0.255 e. The van der Waals surface area contributed by atoms with Crippen LogP contribution in [0.1, 0.15) is 113 Å². The van der Waals surface area contributed by atoms with Crippen LogP contribution in [0.3, 0.4) is 0 Å². The second-order valence-electron chi connectivity index (χ2n) is 18.4. The number of hydrogen-bond donors (Lipinski definition) is 1. The maximum atomic E-state index is 12.8. The molecule has 2 saturated heterocycles. The van der Waals surface area contributed by atoms with Crippen molar-refractivity contribution in [2.75, 3.05) is 33.5 Å². The highest BCUT2D eigenvalue weighted by Crippen LogP contribution is 2.49. The van der Waals surface area contributed by atoms with E-state index >= 15 is 0 Å². The van der Waals surface area contributed by atoms with Crippen LogP contribution in [0, 0.1) is 10.8 Å². The first kappa shape index (κ1) is 41.9. The number of hydrogen-bond acceptors (Lipinski definition) is 14. The van der Waals surface area contributed by atoms with Gasteiger partial charge in [0.05, 0.1) is 75.2 Å². The first-order valence-corrected chi connectivity index (χ1v) is 22.9. The van der Waals surface area contributed by atoms with Gasteiger partial charge in [-0.15, -0.1) is 10.2 Å². The molecule has 8 aliphatic rings. The Morgan fingerprint density at radius 2 is 1.17 bits per heavy atom. The number of pyridine rings is 2. The van der Waals surface area contributed by atoms with E-state index in [-0.39, 0.29) is 48.9 Å². The SMILES string of the molecule is CC.CN(C(=O)c1cnc(-c2cn(CC3OCC4(CC4)CO3)nn2)c(OC2CC2)c1)C1CC1.O=C(NC1CC1)c1cnc(-c2cn(CC3OCC4(CC4)CO3)nn2)c(OC2CC2)c1.[HH]. The summed E-state index contributed by atoms with van der Waals surface area (Å²) >= 11 is 0. The van der Waals surface area contributed by atoms with Gasteiger partial charge in [-0.25, -0.2) is 19.3 Å². The van der Waals surface area contributed by atoms with E-state index in [9.17, 15) is 9.59 Å². The minimum atomic E-state index is -0.311. The van der Waals surface area contributed by atoms with Crippen molar-refractivity contribution in [1.82, 2.24) is 50.2 Å². The number of aromatic nitrogens is 8. The number of rotatable bonds is 14. The monoisotopic (exact) mass is 868 g/mol. The number of nitrogens with zero attached hydrogens (tertiary/aromatic N) is 9. The molecular weight excluding hydrogens is 809 g/mol. The largest absolute Gasteiger partial charge is 0.488 e. The summed E-state index contributed by atoms with van der Waals surface area (Å²) in [6.07, 6.45) is 19.6. The molecule has 18 nitrogen and oxygen atoms in total. The van der Waals surface area contributed by atoms with Gasteiger partial charge in [-0.2, -0.15) is 0 Å². The Hall–Kier alpha value is -5.04. The molecule has 0 bridgehead atoms. The van der Waals surface area contributed by atoms with Gasteiger partial charge < -0.3 is 38.6 Å². The van der Waals surface area contributed by atoms with E-state index in [2.05, 4.69) is 35.9 Å². The van der Waals surface area contributed by atoms with Gasteiger partial charge in [0, 0.05) is 43.8 Å². The summed E-state index contributed by atoms with van der Waals surface area (Å²) < 4.78 is 38.9. The lowest BCUT2D eigenvalue weighted by Gasteiger charge is -2.29. The standard InChI is InChI=1S/C22H27N5O4.C21H25N5O4.C2H6.H2/c1-26(15-2-3-15)21(28)14-8-18(31-16-4-5-16)20(23-9-14)17-10-27(25-24-17)11-19-29-12-22(6-7-22)13-30-19;27-20(23-14-1-2-14)13-7-17(30-15-3-4-15)19(22-8-13)16-9-26(25-24-16)10-18-28-11-21(5-6-21)12-29-18;1-2;/h8-10,15-16,19H,2-7,11-13H2,1H3;7-9,14-15,18H,1-6,10-12H2,(H,23,27);1-2H3;1H. The van der Waals surface area contributed by atoms with E-state index in [4.69, 9.17) is 28.4 Å². The van der Waals surface area contributed by atoms with Gasteiger partial charge in [0.1, 0.15) is 34.3 Å². The Morgan fingerprint density at radius 3 is 1.60 bits per heavy atom. The fourth-order valence-corrected chi connectivity index (χ4v) is 7.45. The smallest absolute Gasteiger partial charge is 0.255 e. The molecule has 2 aliphatic heterocycles. The van der Waals surface area contributed by atoms with E-state index in [0.717, 1.165) is 77.8 Å². The zero-order chi connectivity index (χ0) is 43.1. The molecule has 0 aromatic carbocycles. The van der Waals surface area contributed by atoms with Gasteiger partial charge in [-0.3, -0.25) is 9.59 Å². The molecule has 8 fully saturated rings. The highest BCUT2D eigenvalue weighted by molar-refractivity contribution is 5.95. The lowest BCUT2D eigenvalue weighted by molar-refractivity contribution is -0.213. The van der Waals surface area contributed by atoms with Crippen molar-refractivity contribution < 1.29 is 39.4 Å². The molecule has 338 valence electrons. The third kappa shape index (κ3) is 10.3. The highest BCUT2D eigenvalue weighted by Gasteiger charge is 2.48. The van der Waals surface area contributed by atoms with Gasteiger partial charge in [-0.05, 0) is 89.2 Å². The quantitative estimate of drug-likeness (QED) is 0.168. The number of ether oxygens (including phenoxy) is 6. The average molecular weight is 869 g/mol. The normalized spacial score (nSPS) is 22.9. The van der Waals surface area contributed by atoms with Gasteiger partial charge in [0.15, 0.2) is 12.6 Å². The highest BCUT2D eigenvalue weighted by atomic mass is 16.7. The molecule has 12 rings (SSSR count). The van der Waals surface area contributed by atoms with Gasteiger partial charge in [0.25, 0.3) is 11.8 Å². The van der Waals surface area contributed by atoms with Crippen molar-refractivity contribution in [3.8, 4) is 34.3 Å². The molecule has 4 aromatic heterocycles. The van der Waals surface area contributed by atoms with Crippen LogP contribution in [-0.4, -0.2) is 127 Å². The predicted octanol–water partition coefficient (Wildman–Crippen LogP) is 5.47. The molecule has 63 heavy (non-hydrogen) atoms. The second-order valence-corrected chi connectivity index (χ2v) is 18.4. The lowest BCUT2D eigenvalue weighted by atomic mass is 10.1. The van der Waals surface area contributed by atoms with E-state index in [1.165, 1.54) is 25.7 Å². The Balaban J connectivity index is 0.000000154. The van der Waals surface area contributed by atoms with E-state index in [0.29, 0.717) is 70.6 Å². The van der Waals surface area contributed by atoms with Crippen LogP contribution in [-0.2, 0) is 32.0 Å². The Labute approximate surface area is 368 Å². The molecule has 18 heteroatoms. The van der Waals surface area contributed by atoms with Gasteiger partial charge in [0.2, 0.25) is 0 Å². The van der Waals surface area contributed by atoms with Crippen molar-refractivity contribution in [2.45, 2.75) is 141 Å². The summed E-state index contributed by atoms with van der Waals surface area (Å²) in [6, 6.07) is 4.20. The van der Waals surface area contributed by atoms with Crippen molar-refractivity contribution in [1.29, 1.82) is 0 Å². The second kappa shape index (κ2) is 17.5. The summed E-state index contributed by atoms with van der Waals surface area (Å²) in [6.45, 7) is 7.97. The Bertz CT molecular complexity index is 2260. The van der Waals surface area contributed by atoms with Gasteiger partial charge in [-0.1, -0.05) is 24.3 Å². The summed E-state index contributed by atoms with van der Waals surface area (Å²) in [5.41, 5.74) is 4.01. The van der Waals surface area contributed by atoms with Crippen LogP contribution in [0.25, 0.3) is 22.8 Å². The lowest BCUT2D eigenvalue weighted by Crippen LogP contribution is -2.36. The molecule has 4 aromatic rings. The molecule has 6 heterocycles. The molecule has 6 saturated carbocycles. The molecular formula is C45H60N10O8. The van der Waals surface area contributed by atoms with E-state index < -0.39 is 0 Å². The van der Waals surface area contributed by atoms with Crippen LogP contribution in [0.2, 0.25) is 0 Å². The summed E-state index contributed by atoms with van der Waals surface area (Å²) in [5, 5.41) is 20.0. The molecule has 0 unspecified atom stereocenters. The van der Waals surface area contributed by atoms with Crippen molar-refractivity contribution >= 4 is 11.8 Å². The first-order valence-electron chi connectivity index (χ1n) is 22.9. The Morgan fingerprint density at radius 1 is 0.714 bits per heavy atom. The van der Waals surface area contributed by atoms with Crippen LogP contribution < -0.4 is 14.8 Å². The molecule has 6 aliphatic carbocycles. The zero-order valence-corrected chi connectivity index (χ0v) is 36.4. The van der Waals surface area contributed by atoms with E-state index in [1.807, 2.05) is 33.3 Å². The topological polar surface area (TPSA) is 192 Å². The van der Waals surface area contributed by atoms with Crippen molar-refractivity contribution in [2.24, 2.45) is 10.8 Å². The number of nitrogens with one attached hydrogen (secondary N) is 1. The summed E-state index contributed by atoms with van der Waals surface area (Å²) in [5.74, 6) is 1.03. The fraction of sp³-hybridized carbons (Fsp3) is 0.644. The van der Waals surface area contributed by atoms with Crippen LogP contribution in [0.5, 0.6) is 11.5 Å². The first-order chi connectivity index (χ1) is 30.7. The number of carbonyl (C=O) groups excluding carboxylic acids is 2. The van der Waals surface area contributed by atoms with Crippen molar-refractivity contribution in [3.63, 3.8) is 0 Å². The van der Waals surface area contributed by atoms with Crippen LogP contribution >= 0.6 is 0 Å². The predicted molar refractivity (Wildman–Crippen MR) is 228 cm³/mol.